The number of fused-ring (bicyclic) bond motifs is 1. The second-order valence-electron chi connectivity index (χ2n) is 5.23. The van der Waals surface area contributed by atoms with Gasteiger partial charge in [-0.3, -0.25) is 0 Å². The summed E-state index contributed by atoms with van der Waals surface area (Å²) in [6.45, 7) is 4.41. The van der Waals surface area contributed by atoms with Crippen molar-refractivity contribution in [2.24, 2.45) is 7.05 Å². The summed E-state index contributed by atoms with van der Waals surface area (Å²) in [5.41, 5.74) is 3.35. The molecule has 0 saturated heterocycles. The Labute approximate surface area is 120 Å². The summed E-state index contributed by atoms with van der Waals surface area (Å²) in [6, 6.07) is 8.18. The lowest BCUT2D eigenvalue weighted by atomic mass is 10.1. The van der Waals surface area contributed by atoms with Gasteiger partial charge in [-0.15, -0.1) is 0 Å². The number of rotatable bonds is 6. The van der Waals surface area contributed by atoms with E-state index < -0.39 is 10.0 Å². The highest BCUT2D eigenvalue weighted by Gasteiger charge is 2.09. The number of hydrogen-bond acceptors (Lipinski definition) is 2. The average molecular weight is 294 g/mol. The molecule has 5 heteroatoms. The second-order valence-corrected chi connectivity index (χ2v) is 7.16. The Morgan fingerprint density at radius 3 is 2.70 bits per heavy atom. The number of nitrogens with one attached hydrogen (secondary N) is 1. The van der Waals surface area contributed by atoms with Crippen molar-refractivity contribution in [1.82, 2.24) is 9.29 Å². The minimum Gasteiger partial charge on any atom is -0.348 e. The van der Waals surface area contributed by atoms with E-state index in [0.29, 0.717) is 13.0 Å². The number of aromatic nitrogens is 1. The van der Waals surface area contributed by atoms with Gasteiger partial charge in [0, 0.05) is 30.2 Å². The maximum Gasteiger partial charge on any atom is 0.211 e. The molecule has 0 aliphatic heterocycles. The Balaban J connectivity index is 2.11. The molecule has 1 N–H and O–H groups in total. The van der Waals surface area contributed by atoms with Gasteiger partial charge < -0.3 is 4.57 Å². The van der Waals surface area contributed by atoms with Gasteiger partial charge in [-0.05, 0) is 37.1 Å². The molecular weight excluding hydrogens is 272 g/mol. The van der Waals surface area contributed by atoms with Crippen LogP contribution in [0.5, 0.6) is 0 Å². The lowest BCUT2D eigenvalue weighted by Crippen LogP contribution is -2.25. The van der Waals surface area contributed by atoms with E-state index in [-0.39, 0.29) is 5.75 Å². The van der Waals surface area contributed by atoms with Crippen molar-refractivity contribution >= 4 is 20.9 Å². The first-order chi connectivity index (χ1) is 9.43. The van der Waals surface area contributed by atoms with E-state index in [4.69, 9.17) is 0 Å². The third-order valence-electron chi connectivity index (χ3n) is 3.61. The molecule has 0 bridgehead atoms. The molecule has 20 heavy (non-hydrogen) atoms. The molecule has 2 aromatic rings. The molecule has 4 nitrogen and oxygen atoms in total. The summed E-state index contributed by atoms with van der Waals surface area (Å²) in [7, 11) is -1.12. The molecule has 0 aliphatic carbocycles. The molecule has 0 amide bonds. The molecule has 1 heterocycles. The zero-order valence-electron chi connectivity index (χ0n) is 12.3. The first-order valence-corrected chi connectivity index (χ1v) is 8.60. The van der Waals surface area contributed by atoms with Crippen LogP contribution in [-0.2, 0) is 23.6 Å². The topological polar surface area (TPSA) is 51.1 Å². The number of nitrogens with zero attached hydrogens (tertiary/aromatic N) is 1. The highest BCUT2D eigenvalue weighted by atomic mass is 32.2. The molecule has 110 valence electrons. The van der Waals surface area contributed by atoms with Crippen LogP contribution in [0.4, 0.5) is 0 Å². The van der Waals surface area contributed by atoms with Crippen molar-refractivity contribution < 1.29 is 8.42 Å². The normalized spacial score (nSPS) is 12.2. The summed E-state index contributed by atoms with van der Waals surface area (Å²) in [5.74, 6) is 0.205. The number of hydrogen-bond donors (Lipinski definition) is 1. The summed E-state index contributed by atoms with van der Waals surface area (Å²) in [5, 5.41) is 1.15. The third-order valence-corrected chi connectivity index (χ3v) is 5.02. The van der Waals surface area contributed by atoms with E-state index in [1.165, 1.54) is 11.2 Å². The maximum absolute atomic E-state index is 11.8. The van der Waals surface area contributed by atoms with Gasteiger partial charge in [0.1, 0.15) is 0 Å². The first kappa shape index (κ1) is 15.1. The zero-order valence-corrected chi connectivity index (χ0v) is 13.1. The van der Waals surface area contributed by atoms with E-state index in [0.717, 1.165) is 17.4 Å². The SMILES string of the molecule is CCCCS(=O)(=O)NCc1ccc2c(c1)cc(C)n2C. The molecule has 1 aromatic carbocycles. The van der Waals surface area contributed by atoms with Crippen molar-refractivity contribution in [3.8, 4) is 0 Å². The Morgan fingerprint density at radius 1 is 1.25 bits per heavy atom. The van der Waals surface area contributed by atoms with E-state index in [1.807, 2.05) is 32.2 Å². The standard InChI is InChI=1S/C15H22N2O2S/c1-4-5-8-20(18,19)16-11-13-6-7-15-14(10-13)9-12(2)17(15)3/h6-7,9-10,16H,4-5,8,11H2,1-3H3. The van der Waals surface area contributed by atoms with Gasteiger partial charge in [-0.25, -0.2) is 13.1 Å². The quantitative estimate of drug-likeness (QED) is 0.890. The summed E-state index contributed by atoms with van der Waals surface area (Å²) >= 11 is 0. The molecule has 0 spiro atoms. The Bertz CT molecular complexity index is 702. The van der Waals surface area contributed by atoms with E-state index in [2.05, 4.69) is 22.3 Å². The van der Waals surface area contributed by atoms with Crippen LogP contribution in [0.1, 0.15) is 31.0 Å². The maximum atomic E-state index is 11.8. The van der Waals surface area contributed by atoms with Gasteiger partial charge in [0.15, 0.2) is 0 Å². The van der Waals surface area contributed by atoms with Crippen LogP contribution in [0.3, 0.4) is 0 Å². The van der Waals surface area contributed by atoms with Gasteiger partial charge in [-0.2, -0.15) is 0 Å². The summed E-state index contributed by atoms with van der Waals surface area (Å²) in [4.78, 5) is 0. The monoisotopic (exact) mass is 294 g/mol. The smallest absolute Gasteiger partial charge is 0.211 e. The van der Waals surface area contributed by atoms with Crippen LogP contribution in [0.25, 0.3) is 10.9 Å². The zero-order chi connectivity index (χ0) is 14.8. The van der Waals surface area contributed by atoms with Crippen LogP contribution in [-0.4, -0.2) is 18.7 Å². The molecule has 2 rings (SSSR count). The van der Waals surface area contributed by atoms with Gasteiger partial charge >= 0.3 is 0 Å². The fraction of sp³-hybridized carbons (Fsp3) is 0.467. The van der Waals surface area contributed by atoms with Crippen LogP contribution in [0.2, 0.25) is 0 Å². The van der Waals surface area contributed by atoms with E-state index in [1.54, 1.807) is 0 Å². The third kappa shape index (κ3) is 3.41. The fourth-order valence-corrected chi connectivity index (χ4v) is 3.45. The Kier molecular flexibility index (Phi) is 4.50. The Hall–Kier alpha value is -1.33. The molecule has 0 atom stereocenters. The minimum atomic E-state index is -3.15. The van der Waals surface area contributed by atoms with Crippen LogP contribution in [0, 0.1) is 6.92 Å². The highest BCUT2D eigenvalue weighted by Crippen LogP contribution is 2.19. The van der Waals surface area contributed by atoms with Crippen molar-refractivity contribution in [3.63, 3.8) is 0 Å². The molecule has 0 aliphatic rings. The van der Waals surface area contributed by atoms with Crippen LogP contribution < -0.4 is 4.72 Å². The van der Waals surface area contributed by atoms with Crippen molar-refractivity contribution in [2.75, 3.05) is 5.75 Å². The predicted octanol–water partition coefficient (Wildman–Crippen LogP) is 2.71. The molecule has 1 aromatic heterocycles. The highest BCUT2D eigenvalue weighted by molar-refractivity contribution is 7.89. The molecule has 0 radical (unpaired) electrons. The fourth-order valence-electron chi connectivity index (χ4n) is 2.25. The second kappa shape index (κ2) is 5.97. The van der Waals surface area contributed by atoms with Crippen LogP contribution >= 0.6 is 0 Å². The van der Waals surface area contributed by atoms with E-state index >= 15 is 0 Å². The molecular formula is C15H22N2O2S. The molecule has 0 unspecified atom stereocenters. The minimum absolute atomic E-state index is 0.205. The molecule has 0 saturated carbocycles. The van der Waals surface area contributed by atoms with Crippen LogP contribution in [0.15, 0.2) is 24.3 Å². The van der Waals surface area contributed by atoms with Gasteiger partial charge in [-0.1, -0.05) is 19.4 Å². The number of benzene rings is 1. The van der Waals surface area contributed by atoms with Crippen molar-refractivity contribution in [2.45, 2.75) is 33.2 Å². The number of unbranched alkanes of at least 4 members (excludes halogenated alkanes) is 1. The van der Waals surface area contributed by atoms with Crippen molar-refractivity contribution in [1.29, 1.82) is 0 Å². The van der Waals surface area contributed by atoms with Gasteiger partial charge in [0.05, 0.1) is 5.75 Å². The van der Waals surface area contributed by atoms with Crippen molar-refractivity contribution in [3.05, 3.63) is 35.5 Å². The summed E-state index contributed by atoms with van der Waals surface area (Å²) in [6.07, 6.45) is 1.59. The van der Waals surface area contributed by atoms with Gasteiger partial charge in [0.25, 0.3) is 0 Å². The number of aryl methyl sites for hydroxylation is 2. The lowest BCUT2D eigenvalue weighted by molar-refractivity contribution is 0.578. The van der Waals surface area contributed by atoms with Gasteiger partial charge in [0.2, 0.25) is 10.0 Å². The largest absolute Gasteiger partial charge is 0.348 e. The number of sulfonamides is 1. The predicted molar refractivity (Wildman–Crippen MR) is 83.2 cm³/mol. The Morgan fingerprint density at radius 2 is 2.00 bits per heavy atom. The molecule has 0 fully saturated rings. The average Bonchev–Trinajstić information content (AvgIpc) is 2.69. The summed E-state index contributed by atoms with van der Waals surface area (Å²) < 4.78 is 28.3. The van der Waals surface area contributed by atoms with E-state index in [9.17, 15) is 8.42 Å². The first-order valence-electron chi connectivity index (χ1n) is 6.95. The lowest BCUT2D eigenvalue weighted by Gasteiger charge is -2.07.